The average molecular weight is 598 g/mol. The second kappa shape index (κ2) is 11.7. The first-order valence-electron chi connectivity index (χ1n) is 16.7. The largest absolute Gasteiger partial charge is 0.316 e. The van der Waals surface area contributed by atoms with Gasteiger partial charge in [-0.2, -0.15) is 0 Å². The number of para-hydroxylation sites is 1. The lowest BCUT2D eigenvalue weighted by molar-refractivity contribution is 0.437. The fourth-order valence-electron chi connectivity index (χ4n) is 7.73. The maximum absolute atomic E-state index is 5.77. The Morgan fingerprint density at radius 2 is 1.24 bits per heavy atom. The minimum atomic E-state index is -0.119. The van der Waals surface area contributed by atoms with Crippen molar-refractivity contribution < 1.29 is 0 Å². The summed E-state index contributed by atoms with van der Waals surface area (Å²) < 4.78 is 5.06. The molecule has 0 aliphatic heterocycles. The zero-order valence-corrected chi connectivity index (χ0v) is 26.7. The molecule has 4 aromatic heterocycles. The second-order valence-electron chi connectivity index (χ2n) is 12.5. The van der Waals surface area contributed by atoms with Crippen LogP contribution in [0.5, 0.6) is 0 Å². The van der Waals surface area contributed by atoms with Crippen LogP contribution in [0.15, 0.2) is 139 Å². The highest BCUT2D eigenvalue weighted by Gasteiger charge is 2.28. The molecule has 0 radical (unpaired) electrons. The Balaban J connectivity index is 1.44. The van der Waals surface area contributed by atoms with Crippen molar-refractivity contribution in [2.45, 2.75) is 45.7 Å². The summed E-state index contributed by atoms with van der Waals surface area (Å²) in [5, 5.41) is 5.21. The van der Waals surface area contributed by atoms with E-state index in [-0.39, 0.29) is 12.1 Å². The molecule has 46 heavy (non-hydrogen) atoms. The van der Waals surface area contributed by atoms with Gasteiger partial charge in [0, 0.05) is 27.3 Å². The molecule has 2 unspecified atom stereocenters. The van der Waals surface area contributed by atoms with Crippen LogP contribution >= 0.6 is 0 Å². The maximum atomic E-state index is 5.77. The Hall–Kier alpha value is -5.15. The molecule has 0 saturated carbocycles. The first-order chi connectivity index (χ1) is 22.7. The van der Waals surface area contributed by atoms with Gasteiger partial charge < -0.3 is 8.97 Å². The zero-order chi connectivity index (χ0) is 31.2. The van der Waals surface area contributed by atoms with Crippen molar-refractivity contribution in [3.63, 3.8) is 0 Å². The number of allylic oxidation sites excluding steroid dienone is 1. The van der Waals surface area contributed by atoms with Gasteiger partial charge in [-0.3, -0.25) is 4.99 Å². The first-order valence-corrected chi connectivity index (χ1v) is 16.7. The van der Waals surface area contributed by atoms with Crippen LogP contribution in [0.1, 0.15) is 56.8 Å². The number of hydrogen-bond donors (Lipinski definition) is 0. The molecular weight excluding hydrogens is 558 g/mol. The number of benzene rings is 4. The molecule has 3 nitrogen and oxygen atoms in total. The third-order valence-electron chi connectivity index (χ3n) is 9.88. The quantitative estimate of drug-likeness (QED) is 0.140. The number of aromatic nitrogens is 2. The fraction of sp³-hybridized carbons (Fsp3) is 0.186. The van der Waals surface area contributed by atoms with Gasteiger partial charge in [-0.1, -0.05) is 136 Å². The monoisotopic (exact) mass is 597 g/mol. The van der Waals surface area contributed by atoms with E-state index in [0.29, 0.717) is 0 Å². The van der Waals surface area contributed by atoms with E-state index in [1.165, 1.54) is 71.5 Å². The number of fused-ring (bicyclic) bond motifs is 8. The summed E-state index contributed by atoms with van der Waals surface area (Å²) in [6.07, 6.45) is 3.71. The molecule has 226 valence electrons. The summed E-state index contributed by atoms with van der Waals surface area (Å²) in [7, 11) is 0. The van der Waals surface area contributed by atoms with Gasteiger partial charge in [-0.25, -0.2) is 0 Å². The van der Waals surface area contributed by atoms with Crippen molar-refractivity contribution in [3.05, 3.63) is 145 Å². The van der Waals surface area contributed by atoms with Crippen molar-refractivity contribution in [3.8, 4) is 0 Å². The van der Waals surface area contributed by atoms with Crippen molar-refractivity contribution in [2.24, 2.45) is 10.9 Å². The van der Waals surface area contributed by atoms with Gasteiger partial charge in [0.1, 0.15) is 6.17 Å². The number of rotatable bonds is 10. The fourth-order valence-corrected chi connectivity index (χ4v) is 7.73. The highest BCUT2D eigenvalue weighted by Crippen LogP contribution is 2.46. The Bertz CT molecular complexity index is 2350. The van der Waals surface area contributed by atoms with Crippen LogP contribution in [0.3, 0.4) is 0 Å². The molecule has 8 aromatic rings. The van der Waals surface area contributed by atoms with E-state index in [1.807, 2.05) is 0 Å². The summed E-state index contributed by atoms with van der Waals surface area (Å²) in [5.41, 5.74) is 11.1. The van der Waals surface area contributed by atoms with E-state index in [4.69, 9.17) is 4.99 Å². The van der Waals surface area contributed by atoms with E-state index < -0.39 is 0 Å². The van der Waals surface area contributed by atoms with Crippen molar-refractivity contribution >= 4 is 60.4 Å². The Kier molecular flexibility index (Phi) is 7.18. The number of aliphatic imine (C=N–C) groups is 1. The molecule has 4 heterocycles. The highest BCUT2D eigenvalue weighted by atomic mass is 15.2. The second-order valence-corrected chi connectivity index (χ2v) is 12.5. The lowest BCUT2D eigenvalue weighted by Crippen LogP contribution is -2.16. The summed E-state index contributed by atoms with van der Waals surface area (Å²) in [6, 6.07) is 46.0. The van der Waals surface area contributed by atoms with Crippen molar-refractivity contribution in [1.82, 2.24) is 8.97 Å². The van der Waals surface area contributed by atoms with Crippen LogP contribution in [0.25, 0.3) is 54.7 Å². The number of nitrogens with zero attached hydrogens (tertiary/aromatic N) is 3. The Morgan fingerprint density at radius 1 is 0.630 bits per heavy atom. The molecule has 0 aliphatic rings. The summed E-state index contributed by atoms with van der Waals surface area (Å²) in [6.45, 7) is 9.21. The summed E-state index contributed by atoms with van der Waals surface area (Å²) in [5.74, 6) is 0.267. The molecule has 0 N–H and O–H groups in total. The number of pyridine rings is 1. The van der Waals surface area contributed by atoms with Gasteiger partial charge in [0.25, 0.3) is 0 Å². The van der Waals surface area contributed by atoms with Gasteiger partial charge >= 0.3 is 0 Å². The predicted molar refractivity (Wildman–Crippen MR) is 197 cm³/mol. The highest BCUT2D eigenvalue weighted by molar-refractivity contribution is 6.29. The molecular formula is C43H39N3. The lowest BCUT2D eigenvalue weighted by atomic mass is 9.88. The SMILES string of the molecule is C=C(c1ccccc1)C(CC)CC(/N=C(\CCC)c1ccccc1)n1c2ccccc2c2c1c1cccc3c4ccccc4c2n31. The summed E-state index contributed by atoms with van der Waals surface area (Å²) in [4.78, 5) is 5.77. The van der Waals surface area contributed by atoms with E-state index in [2.05, 4.69) is 157 Å². The third-order valence-corrected chi connectivity index (χ3v) is 9.88. The topological polar surface area (TPSA) is 21.7 Å². The van der Waals surface area contributed by atoms with E-state index in [0.717, 1.165) is 25.7 Å². The average Bonchev–Trinajstić information content (AvgIpc) is 3.75. The van der Waals surface area contributed by atoms with Crippen LogP contribution in [-0.2, 0) is 0 Å². The first kappa shape index (κ1) is 28.3. The van der Waals surface area contributed by atoms with Crippen LogP contribution in [-0.4, -0.2) is 14.7 Å². The normalized spacial score (nSPS) is 13.8. The van der Waals surface area contributed by atoms with E-state index in [1.54, 1.807) is 0 Å². The molecule has 2 atom stereocenters. The third kappa shape index (κ3) is 4.45. The predicted octanol–water partition coefficient (Wildman–Crippen LogP) is 11.7. The zero-order valence-electron chi connectivity index (χ0n) is 26.7. The van der Waals surface area contributed by atoms with Crippen LogP contribution in [0.2, 0.25) is 0 Å². The van der Waals surface area contributed by atoms with Crippen molar-refractivity contribution in [1.29, 1.82) is 0 Å². The lowest BCUT2D eigenvalue weighted by Gasteiger charge is -2.26. The Morgan fingerprint density at radius 3 is 1.96 bits per heavy atom. The van der Waals surface area contributed by atoms with Gasteiger partial charge in [-0.05, 0) is 60.1 Å². The molecule has 0 spiro atoms. The molecule has 0 saturated heterocycles. The maximum Gasteiger partial charge on any atom is 0.126 e. The van der Waals surface area contributed by atoms with Gasteiger partial charge in [-0.15, -0.1) is 0 Å². The van der Waals surface area contributed by atoms with Gasteiger partial charge in [0.05, 0.1) is 27.6 Å². The van der Waals surface area contributed by atoms with Crippen LogP contribution in [0, 0.1) is 5.92 Å². The molecule has 8 rings (SSSR count). The summed E-state index contributed by atoms with van der Waals surface area (Å²) >= 11 is 0. The van der Waals surface area contributed by atoms with E-state index >= 15 is 0 Å². The standard InChI is InChI=1S/C43H39N3/c1-4-17-36(32-20-10-7-11-21-32)44-40(28-30(5-2)29(3)31-18-8-6-9-19-31)46-38-25-15-14-24-35(38)41-42-34-23-13-12-22-33(34)37-26-16-27-39(43(41)46)45(37)42/h6-16,18-27,30,40H,3-5,17,28H2,1-2H3/b44-36+. The molecule has 0 bridgehead atoms. The Labute approximate surface area is 270 Å². The minimum absolute atomic E-state index is 0.119. The molecule has 0 aliphatic carbocycles. The molecule has 3 heteroatoms. The molecule has 0 amide bonds. The molecule has 4 aromatic carbocycles. The number of hydrogen-bond acceptors (Lipinski definition) is 1. The van der Waals surface area contributed by atoms with Gasteiger partial charge in [0.15, 0.2) is 0 Å². The van der Waals surface area contributed by atoms with Crippen molar-refractivity contribution in [2.75, 3.05) is 0 Å². The minimum Gasteiger partial charge on any atom is -0.316 e. The van der Waals surface area contributed by atoms with Crippen LogP contribution < -0.4 is 0 Å². The smallest absolute Gasteiger partial charge is 0.126 e. The van der Waals surface area contributed by atoms with Crippen LogP contribution in [0.4, 0.5) is 0 Å². The van der Waals surface area contributed by atoms with Gasteiger partial charge in [0.2, 0.25) is 0 Å². The molecule has 0 fully saturated rings. The van der Waals surface area contributed by atoms with E-state index in [9.17, 15) is 0 Å².